The second-order valence-electron chi connectivity index (χ2n) is 11.0. The van der Waals surface area contributed by atoms with Crippen molar-refractivity contribution in [2.75, 3.05) is 0 Å². The lowest BCUT2D eigenvalue weighted by atomic mass is 9.43. The minimum absolute atomic E-state index is 0.00737. The number of carboxylic acids is 1. The molecule has 0 aromatic rings. The van der Waals surface area contributed by atoms with Crippen LogP contribution in [0, 0.1) is 28.6 Å². The molecule has 1 saturated heterocycles. The zero-order chi connectivity index (χ0) is 21.7. The topological polar surface area (TPSA) is 104 Å². The number of aliphatic hydroxyl groups is 1. The highest BCUT2D eigenvalue weighted by molar-refractivity contribution is 5.92. The van der Waals surface area contributed by atoms with Crippen LogP contribution in [0.1, 0.15) is 72.1 Å². The van der Waals surface area contributed by atoms with Gasteiger partial charge in [0.25, 0.3) is 0 Å². The van der Waals surface area contributed by atoms with Crippen molar-refractivity contribution in [3.8, 4) is 0 Å². The lowest BCUT2D eigenvalue weighted by Gasteiger charge is -2.59. The summed E-state index contributed by atoms with van der Waals surface area (Å²) in [5.74, 6) is -0.725. The van der Waals surface area contributed by atoms with Crippen molar-refractivity contribution in [1.29, 1.82) is 0 Å². The average Bonchev–Trinajstić information content (AvgIpc) is 3.32. The number of carbonyl (C=O) groups excluding carboxylic acids is 2. The standard InChI is InChI=1S/C24H32O6/c1-13(25)16-11-14-10-15(26)4-7-21(14,2)24-18(30-24)12-22(3)17(20(16)24)5-8-23(22,29)9-6-19(27)28/h10,16-18,20,29H,4-9,11-12H2,1-3H3,(H,27,28)/t16-,17-,18+,20-,21-,22-,23+,24?/m0/s1. The van der Waals surface area contributed by atoms with Gasteiger partial charge in [0, 0.05) is 35.5 Å². The van der Waals surface area contributed by atoms with E-state index < -0.39 is 22.6 Å². The van der Waals surface area contributed by atoms with Gasteiger partial charge < -0.3 is 14.9 Å². The lowest BCUT2D eigenvalue weighted by Crippen LogP contribution is -2.63. The van der Waals surface area contributed by atoms with Gasteiger partial charge in [-0.25, -0.2) is 0 Å². The molecule has 0 aromatic carbocycles. The van der Waals surface area contributed by atoms with Gasteiger partial charge in [0.1, 0.15) is 11.4 Å². The highest BCUT2D eigenvalue weighted by atomic mass is 16.6. The van der Waals surface area contributed by atoms with E-state index in [1.54, 1.807) is 13.0 Å². The molecule has 4 aliphatic carbocycles. The van der Waals surface area contributed by atoms with E-state index in [0.717, 1.165) is 18.4 Å². The summed E-state index contributed by atoms with van der Waals surface area (Å²) in [5.41, 5.74) is -1.12. The van der Waals surface area contributed by atoms with Crippen LogP contribution in [0.15, 0.2) is 11.6 Å². The summed E-state index contributed by atoms with van der Waals surface area (Å²) in [4.78, 5) is 36.2. The number of carbonyl (C=O) groups is 3. The Hall–Kier alpha value is -1.53. The molecule has 164 valence electrons. The van der Waals surface area contributed by atoms with Gasteiger partial charge in [-0.1, -0.05) is 19.4 Å². The largest absolute Gasteiger partial charge is 0.481 e. The van der Waals surface area contributed by atoms with Crippen molar-refractivity contribution >= 4 is 17.5 Å². The van der Waals surface area contributed by atoms with Crippen LogP contribution >= 0.6 is 0 Å². The number of hydrogen-bond acceptors (Lipinski definition) is 5. The number of hydrogen-bond donors (Lipinski definition) is 2. The third-order valence-electron chi connectivity index (χ3n) is 9.97. The van der Waals surface area contributed by atoms with E-state index in [2.05, 4.69) is 13.8 Å². The summed E-state index contributed by atoms with van der Waals surface area (Å²) < 4.78 is 6.55. The molecule has 6 nitrogen and oxygen atoms in total. The van der Waals surface area contributed by atoms with Gasteiger partial charge in [0.15, 0.2) is 5.78 Å². The van der Waals surface area contributed by atoms with Gasteiger partial charge in [0.2, 0.25) is 0 Å². The third kappa shape index (κ3) is 2.30. The van der Waals surface area contributed by atoms with Crippen LogP contribution in [0.2, 0.25) is 0 Å². The first-order valence-electron chi connectivity index (χ1n) is 11.3. The van der Waals surface area contributed by atoms with Gasteiger partial charge in [-0.2, -0.15) is 0 Å². The Morgan fingerprint density at radius 2 is 2.00 bits per heavy atom. The summed E-state index contributed by atoms with van der Waals surface area (Å²) in [7, 11) is 0. The first-order chi connectivity index (χ1) is 14.0. The van der Waals surface area contributed by atoms with Crippen molar-refractivity contribution in [1.82, 2.24) is 0 Å². The maximum absolute atomic E-state index is 12.8. The van der Waals surface area contributed by atoms with Crippen molar-refractivity contribution in [2.45, 2.75) is 89.4 Å². The molecule has 3 saturated carbocycles. The number of epoxide rings is 1. The van der Waals surface area contributed by atoms with E-state index in [-0.39, 0.29) is 53.7 Å². The first kappa shape index (κ1) is 20.4. The average molecular weight is 417 g/mol. The fourth-order valence-corrected chi connectivity index (χ4v) is 8.24. The molecule has 0 amide bonds. The quantitative estimate of drug-likeness (QED) is 0.683. The SMILES string of the molecule is CC(=O)[C@@H]1CC2=CC(=O)CC[C@]2(C)C23O[C@@H]2C[C@@]2(C)[C@@H](CC[C@@]2(O)CCC(=O)O)[C@H]13. The fraction of sp³-hybridized carbons (Fsp3) is 0.792. The van der Waals surface area contributed by atoms with Crippen LogP contribution in [0.3, 0.4) is 0 Å². The molecule has 30 heavy (non-hydrogen) atoms. The Balaban J connectivity index is 1.59. The molecule has 1 heterocycles. The van der Waals surface area contributed by atoms with Gasteiger partial charge >= 0.3 is 5.97 Å². The maximum atomic E-state index is 12.8. The van der Waals surface area contributed by atoms with Crippen LogP contribution in [0.5, 0.6) is 0 Å². The summed E-state index contributed by atoms with van der Waals surface area (Å²) >= 11 is 0. The molecule has 0 bridgehead atoms. The molecule has 8 atom stereocenters. The summed E-state index contributed by atoms with van der Waals surface area (Å²) in [6.07, 6.45) is 5.81. The molecule has 1 spiro atoms. The number of aliphatic carboxylic acids is 1. The monoisotopic (exact) mass is 416 g/mol. The van der Waals surface area contributed by atoms with Crippen molar-refractivity contribution < 1.29 is 29.3 Å². The van der Waals surface area contributed by atoms with E-state index >= 15 is 0 Å². The van der Waals surface area contributed by atoms with Gasteiger partial charge in [0.05, 0.1) is 11.7 Å². The van der Waals surface area contributed by atoms with Crippen molar-refractivity contribution in [3.63, 3.8) is 0 Å². The van der Waals surface area contributed by atoms with E-state index in [0.29, 0.717) is 25.7 Å². The molecular formula is C24H32O6. The summed E-state index contributed by atoms with van der Waals surface area (Å²) in [6, 6.07) is 0. The minimum Gasteiger partial charge on any atom is -0.481 e. The van der Waals surface area contributed by atoms with Crippen LogP contribution < -0.4 is 0 Å². The Morgan fingerprint density at radius 3 is 2.67 bits per heavy atom. The van der Waals surface area contributed by atoms with E-state index in [4.69, 9.17) is 4.74 Å². The molecule has 5 aliphatic rings. The normalized spacial score (nSPS) is 51.2. The molecular weight excluding hydrogens is 384 g/mol. The van der Waals surface area contributed by atoms with Crippen molar-refractivity contribution in [3.05, 3.63) is 11.6 Å². The first-order valence-corrected chi connectivity index (χ1v) is 11.3. The predicted octanol–water partition coefficient (Wildman–Crippen LogP) is 3.06. The van der Waals surface area contributed by atoms with Crippen LogP contribution in [-0.2, 0) is 19.1 Å². The second-order valence-corrected chi connectivity index (χ2v) is 11.0. The highest BCUT2D eigenvalue weighted by Gasteiger charge is 2.82. The molecule has 4 fully saturated rings. The zero-order valence-electron chi connectivity index (χ0n) is 18.1. The van der Waals surface area contributed by atoms with Crippen LogP contribution in [0.25, 0.3) is 0 Å². The molecule has 2 N–H and O–H groups in total. The van der Waals surface area contributed by atoms with E-state index in [9.17, 15) is 24.6 Å². The molecule has 6 heteroatoms. The molecule has 5 rings (SSSR count). The van der Waals surface area contributed by atoms with E-state index in [1.807, 2.05) is 0 Å². The summed E-state index contributed by atoms with van der Waals surface area (Å²) in [6.45, 7) is 5.94. The molecule has 1 unspecified atom stereocenters. The molecule has 1 aliphatic heterocycles. The van der Waals surface area contributed by atoms with Crippen molar-refractivity contribution in [2.24, 2.45) is 28.6 Å². The molecule has 0 radical (unpaired) electrons. The van der Waals surface area contributed by atoms with Gasteiger partial charge in [-0.15, -0.1) is 0 Å². The minimum atomic E-state index is -1.05. The Kier molecular flexibility index (Phi) is 4.10. The second kappa shape index (κ2) is 6.04. The molecule has 0 aromatic heterocycles. The predicted molar refractivity (Wildman–Crippen MR) is 108 cm³/mol. The smallest absolute Gasteiger partial charge is 0.303 e. The van der Waals surface area contributed by atoms with Gasteiger partial charge in [-0.3, -0.25) is 14.4 Å². The number of Topliss-reactive ketones (excluding diaryl/α,β-unsaturated/α-hetero) is 1. The highest BCUT2D eigenvalue weighted by Crippen LogP contribution is 2.77. The van der Waals surface area contributed by atoms with Gasteiger partial charge in [-0.05, 0) is 57.4 Å². The Morgan fingerprint density at radius 1 is 1.27 bits per heavy atom. The number of carboxylic acid groups (broad SMARTS) is 1. The van der Waals surface area contributed by atoms with Crippen LogP contribution in [0.4, 0.5) is 0 Å². The summed E-state index contributed by atoms with van der Waals surface area (Å²) in [5, 5.41) is 20.8. The van der Waals surface area contributed by atoms with E-state index in [1.165, 1.54) is 0 Å². The third-order valence-corrected chi connectivity index (χ3v) is 9.97. The fourth-order valence-electron chi connectivity index (χ4n) is 8.24. The maximum Gasteiger partial charge on any atom is 0.303 e. The van der Waals surface area contributed by atoms with Crippen LogP contribution in [-0.4, -0.2) is 45.1 Å². The number of ether oxygens (including phenoxy) is 1. The zero-order valence-corrected chi connectivity index (χ0v) is 18.1. The number of ketones is 2. The Bertz CT molecular complexity index is 877. The number of fused-ring (bicyclic) bond motifs is 3. The number of rotatable bonds is 4. The lowest BCUT2D eigenvalue weighted by molar-refractivity contribution is -0.148. The Labute approximate surface area is 177 Å².